The molecule has 0 unspecified atom stereocenters. The lowest BCUT2D eigenvalue weighted by atomic mass is 10.0. The van der Waals surface area contributed by atoms with Crippen LogP contribution in [0, 0.1) is 13.8 Å². The Kier molecular flexibility index (Phi) is 9.61. The number of rotatable bonds is 12. The molecular weight excluding hydrogens is 444 g/mol. The molecule has 6 heteroatoms. The van der Waals surface area contributed by atoms with Gasteiger partial charge in [-0.05, 0) is 71.7 Å². The first-order valence-corrected chi connectivity index (χ1v) is 11.9. The number of allylic oxidation sites excluding steroid dienone is 2. The molecule has 156 valence electrons. The minimum absolute atomic E-state index is 0.862. The summed E-state index contributed by atoms with van der Waals surface area (Å²) < 4.78 is 2.91. The second-order valence-corrected chi connectivity index (χ2v) is 8.68. The molecule has 29 heavy (non-hydrogen) atoms. The van der Waals surface area contributed by atoms with Gasteiger partial charge in [0.1, 0.15) is 5.82 Å². The molecule has 0 spiro atoms. The predicted octanol–water partition coefficient (Wildman–Crippen LogP) is 5.61. The van der Waals surface area contributed by atoms with E-state index in [4.69, 9.17) is 0 Å². The first-order valence-electron chi connectivity index (χ1n) is 9.75. The van der Waals surface area contributed by atoms with Crippen molar-refractivity contribution in [2.75, 3.05) is 25.1 Å². The van der Waals surface area contributed by atoms with Crippen LogP contribution >= 0.6 is 27.7 Å². The lowest BCUT2D eigenvalue weighted by Crippen LogP contribution is -2.22. The van der Waals surface area contributed by atoms with Gasteiger partial charge in [0.25, 0.3) is 0 Å². The van der Waals surface area contributed by atoms with Crippen molar-refractivity contribution in [1.29, 1.82) is 0 Å². The van der Waals surface area contributed by atoms with E-state index in [0.717, 1.165) is 64.5 Å². The quantitative estimate of drug-likeness (QED) is 0.309. The molecule has 1 aromatic carbocycles. The van der Waals surface area contributed by atoms with Crippen LogP contribution in [0.15, 0.2) is 59.9 Å². The summed E-state index contributed by atoms with van der Waals surface area (Å²) in [7, 11) is 0. The van der Waals surface area contributed by atoms with E-state index in [2.05, 4.69) is 76.2 Å². The molecule has 0 aliphatic heterocycles. The third-order valence-corrected chi connectivity index (χ3v) is 6.00. The van der Waals surface area contributed by atoms with E-state index >= 15 is 0 Å². The van der Waals surface area contributed by atoms with E-state index in [9.17, 15) is 0 Å². The fourth-order valence-corrected chi connectivity index (χ4v) is 3.66. The number of thioether (sulfide) groups is 1. The van der Waals surface area contributed by atoms with Crippen molar-refractivity contribution >= 4 is 39.1 Å². The zero-order chi connectivity index (χ0) is 21.2. The monoisotopic (exact) mass is 474 g/mol. The summed E-state index contributed by atoms with van der Waals surface area (Å²) in [5.41, 5.74) is 5.47. The fourth-order valence-electron chi connectivity index (χ4n) is 2.95. The lowest BCUT2D eigenvalue weighted by Gasteiger charge is -2.15. The normalized spacial score (nSPS) is 11.4. The molecule has 0 atom stereocenters. The first-order chi connectivity index (χ1) is 13.9. The molecule has 4 nitrogen and oxygen atoms in total. The highest BCUT2D eigenvalue weighted by molar-refractivity contribution is 9.10. The Morgan fingerprint density at radius 2 is 1.86 bits per heavy atom. The van der Waals surface area contributed by atoms with Crippen LogP contribution in [0.3, 0.4) is 0 Å². The van der Waals surface area contributed by atoms with Crippen molar-refractivity contribution in [1.82, 2.24) is 20.4 Å². The summed E-state index contributed by atoms with van der Waals surface area (Å²) in [6.45, 7) is 14.3. The smallest absolute Gasteiger partial charge is 0.128 e. The topological polar surface area (TPSA) is 41.9 Å². The third kappa shape index (κ3) is 7.12. The first kappa shape index (κ1) is 23.4. The van der Waals surface area contributed by atoms with Crippen LogP contribution in [0.1, 0.15) is 29.7 Å². The highest BCUT2D eigenvalue weighted by Crippen LogP contribution is 2.22. The van der Waals surface area contributed by atoms with Crippen LogP contribution in [0.25, 0.3) is 11.4 Å². The van der Waals surface area contributed by atoms with Crippen molar-refractivity contribution in [2.24, 2.45) is 0 Å². The second kappa shape index (κ2) is 11.9. The number of benzene rings is 1. The molecule has 1 heterocycles. The Balaban J connectivity index is 2.03. The van der Waals surface area contributed by atoms with Gasteiger partial charge < -0.3 is 10.6 Å². The average molecular weight is 476 g/mol. The Labute approximate surface area is 187 Å². The van der Waals surface area contributed by atoms with Gasteiger partial charge in [-0.1, -0.05) is 37.4 Å². The summed E-state index contributed by atoms with van der Waals surface area (Å²) >= 11 is 5.34. The zero-order valence-electron chi connectivity index (χ0n) is 17.6. The molecule has 2 aromatic rings. The van der Waals surface area contributed by atoms with E-state index in [1.807, 2.05) is 29.9 Å². The number of aromatic nitrogens is 2. The third-order valence-electron chi connectivity index (χ3n) is 4.58. The van der Waals surface area contributed by atoms with Crippen molar-refractivity contribution in [3.63, 3.8) is 0 Å². The van der Waals surface area contributed by atoms with Gasteiger partial charge in [-0.3, -0.25) is 0 Å². The maximum atomic E-state index is 4.52. The van der Waals surface area contributed by atoms with Gasteiger partial charge in [-0.25, -0.2) is 4.68 Å². The molecule has 0 amide bonds. The molecule has 0 aliphatic carbocycles. The number of aryl methyl sites for hydroxylation is 1. The molecule has 0 fully saturated rings. The number of hydrogen-bond donors (Lipinski definition) is 2. The van der Waals surface area contributed by atoms with Crippen LogP contribution in [0.4, 0.5) is 0 Å². The van der Waals surface area contributed by atoms with Gasteiger partial charge in [0.15, 0.2) is 0 Å². The van der Waals surface area contributed by atoms with Gasteiger partial charge in [-0.15, -0.1) is 0 Å². The minimum Gasteiger partial charge on any atom is -0.388 e. The van der Waals surface area contributed by atoms with Gasteiger partial charge in [0.05, 0.1) is 16.4 Å². The van der Waals surface area contributed by atoms with Gasteiger partial charge in [-0.2, -0.15) is 16.9 Å². The summed E-state index contributed by atoms with van der Waals surface area (Å²) in [6.07, 6.45) is 8.12. The maximum Gasteiger partial charge on any atom is 0.128 e. The number of unbranched alkanes of at least 4 members (excludes halogenated alkanes) is 1. The van der Waals surface area contributed by atoms with Crippen LogP contribution in [-0.2, 0) is 0 Å². The summed E-state index contributed by atoms with van der Waals surface area (Å²) in [5.74, 6) is 1.89. The lowest BCUT2D eigenvalue weighted by molar-refractivity contribution is 0.647. The van der Waals surface area contributed by atoms with E-state index in [1.54, 1.807) is 11.8 Å². The molecule has 0 radical (unpaired) electrons. The zero-order valence-corrected chi connectivity index (χ0v) is 20.0. The average Bonchev–Trinajstić information content (AvgIpc) is 3.02. The molecular formula is C23H31BrN4S. The van der Waals surface area contributed by atoms with E-state index in [0.29, 0.717) is 0 Å². The van der Waals surface area contributed by atoms with Crippen LogP contribution in [-0.4, -0.2) is 34.9 Å². The SMILES string of the molecule is C=C(CSC)NCCCCN/C(=C/C(=C)c1ccccc1C)n1ncc(Br)c1C. The van der Waals surface area contributed by atoms with Crippen molar-refractivity contribution < 1.29 is 0 Å². The van der Waals surface area contributed by atoms with Crippen LogP contribution < -0.4 is 10.6 Å². The molecule has 0 bridgehead atoms. The molecule has 0 saturated heterocycles. The van der Waals surface area contributed by atoms with Crippen molar-refractivity contribution in [3.8, 4) is 0 Å². The Hall–Kier alpha value is -1.92. The standard InChI is InChI=1S/C23H31BrN4S/c1-17-10-6-7-11-21(17)18(2)14-23(28-20(4)22(24)15-27-28)26-13-9-8-12-25-19(3)16-29-5/h6-7,10-11,14-15,25-26H,2-3,8-9,12-13,16H2,1,4-5H3/b23-14-. The van der Waals surface area contributed by atoms with Crippen LogP contribution in [0.5, 0.6) is 0 Å². The maximum absolute atomic E-state index is 4.52. The molecule has 1 aromatic heterocycles. The summed E-state index contributed by atoms with van der Waals surface area (Å²) in [5, 5.41) is 11.4. The number of nitrogens with zero attached hydrogens (tertiary/aromatic N) is 2. The van der Waals surface area contributed by atoms with Gasteiger partial charge >= 0.3 is 0 Å². The Bertz CT molecular complexity index is 870. The van der Waals surface area contributed by atoms with Gasteiger partial charge in [0, 0.05) is 24.5 Å². The van der Waals surface area contributed by atoms with E-state index < -0.39 is 0 Å². The highest BCUT2D eigenvalue weighted by atomic mass is 79.9. The minimum atomic E-state index is 0.862. The Morgan fingerprint density at radius 1 is 1.17 bits per heavy atom. The van der Waals surface area contributed by atoms with Gasteiger partial charge in [0.2, 0.25) is 0 Å². The number of halogens is 1. The second-order valence-electron chi connectivity index (χ2n) is 6.96. The fraction of sp³-hybridized carbons (Fsp3) is 0.348. The van der Waals surface area contributed by atoms with Crippen molar-refractivity contribution in [2.45, 2.75) is 26.7 Å². The summed E-state index contributed by atoms with van der Waals surface area (Å²) in [6, 6.07) is 8.30. The van der Waals surface area contributed by atoms with Crippen LogP contribution in [0.2, 0.25) is 0 Å². The number of nitrogens with one attached hydrogen (secondary N) is 2. The molecule has 2 rings (SSSR count). The van der Waals surface area contributed by atoms with E-state index in [1.165, 1.54) is 5.56 Å². The van der Waals surface area contributed by atoms with E-state index in [-0.39, 0.29) is 0 Å². The molecule has 0 saturated carbocycles. The number of hydrogen-bond acceptors (Lipinski definition) is 4. The molecule has 2 N–H and O–H groups in total. The highest BCUT2D eigenvalue weighted by Gasteiger charge is 2.10. The predicted molar refractivity (Wildman–Crippen MR) is 132 cm³/mol. The molecule has 0 aliphatic rings. The Morgan fingerprint density at radius 3 is 2.48 bits per heavy atom. The largest absolute Gasteiger partial charge is 0.388 e. The van der Waals surface area contributed by atoms with Crippen molar-refractivity contribution in [3.05, 3.63) is 76.7 Å². The summed E-state index contributed by atoms with van der Waals surface area (Å²) in [4.78, 5) is 0.